The van der Waals surface area contributed by atoms with E-state index in [0.29, 0.717) is 24.4 Å². The van der Waals surface area contributed by atoms with E-state index in [1.54, 1.807) is 17.9 Å². The summed E-state index contributed by atoms with van der Waals surface area (Å²) in [4.78, 5) is 26.9. The summed E-state index contributed by atoms with van der Waals surface area (Å²) in [5.74, 6) is 1.09. The van der Waals surface area contributed by atoms with Crippen molar-refractivity contribution in [3.8, 4) is 0 Å². The van der Waals surface area contributed by atoms with Gasteiger partial charge in [-0.1, -0.05) is 18.2 Å². The third kappa shape index (κ3) is 3.50. The number of carbonyl (C=O) groups excluding carboxylic acids is 2. The lowest BCUT2D eigenvalue weighted by Crippen LogP contribution is -2.43. The zero-order chi connectivity index (χ0) is 17.1. The lowest BCUT2D eigenvalue weighted by Gasteiger charge is -2.32. The first kappa shape index (κ1) is 16.3. The minimum absolute atomic E-state index is 0.0289. The molecular formula is C19H22N2O3. The van der Waals surface area contributed by atoms with E-state index >= 15 is 0 Å². The van der Waals surface area contributed by atoms with E-state index in [-0.39, 0.29) is 17.7 Å². The average Bonchev–Trinajstić information content (AvgIpc) is 2.93. The predicted octanol–water partition coefficient (Wildman–Crippen LogP) is 3.39. The maximum Gasteiger partial charge on any atom is 0.257 e. The number of hydrogen-bond donors (Lipinski definition) is 1. The van der Waals surface area contributed by atoms with Gasteiger partial charge >= 0.3 is 0 Å². The molecule has 1 aliphatic heterocycles. The smallest absolute Gasteiger partial charge is 0.257 e. The van der Waals surface area contributed by atoms with E-state index < -0.39 is 0 Å². The maximum atomic E-state index is 12.7. The Morgan fingerprint density at radius 2 is 1.96 bits per heavy atom. The third-order valence-electron chi connectivity index (χ3n) is 4.39. The number of benzene rings is 1. The minimum Gasteiger partial charge on any atom is -0.466 e. The fourth-order valence-electron chi connectivity index (χ4n) is 3.15. The zero-order valence-corrected chi connectivity index (χ0v) is 14.0. The van der Waals surface area contributed by atoms with Crippen LogP contribution in [-0.2, 0) is 4.79 Å². The molecule has 2 aromatic rings. The third-order valence-corrected chi connectivity index (χ3v) is 4.39. The highest BCUT2D eigenvalue weighted by Crippen LogP contribution is 2.23. The molecule has 24 heavy (non-hydrogen) atoms. The number of anilines is 1. The molecule has 1 N–H and O–H groups in total. The molecule has 0 bridgehead atoms. The topological polar surface area (TPSA) is 62.6 Å². The van der Waals surface area contributed by atoms with Crippen LogP contribution in [0.25, 0.3) is 0 Å². The Labute approximate surface area is 141 Å². The highest BCUT2D eigenvalue weighted by atomic mass is 16.3. The number of para-hydroxylation sites is 1. The summed E-state index contributed by atoms with van der Waals surface area (Å²) in [5, 5.41) is 2.93. The Morgan fingerprint density at radius 3 is 2.62 bits per heavy atom. The van der Waals surface area contributed by atoms with Crippen LogP contribution in [0.5, 0.6) is 0 Å². The van der Waals surface area contributed by atoms with E-state index in [4.69, 9.17) is 4.42 Å². The number of nitrogens with zero attached hydrogens (tertiary/aromatic N) is 1. The van der Waals surface area contributed by atoms with Crippen molar-refractivity contribution in [2.45, 2.75) is 26.7 Å². The second-order valence-corrected chi connectivity index (χ2v) is 6.27. The van der Waals surface area contributed by atoms with Crippen molar-refractivity contribution < 1.29 is 14.0 Å². The lowest BCUT2D eigenvalue weighted by atomic mass is 9.96. The van der Waals surface area contributed by atoms with Gasteiger partial charge < -0.3 is 14.6 Å². The van der Waals surface area contributed by atoms with Gasteiger partial charge in [0.1, 0.15) is 11.5 Å². The van der Waals surface area contributed by atoms with Crippen LogP contribution in [0.3, 0.4) is 0 Å². The monoisotopic (exact) mass is 326 g/mol. The molecule has 1 saturated heterocycles. The van der Waals surface area contributed by atoms with Crippen LogP contribution in [0, 0.1) is 19.8 Å². The van der Waals surface area contributed by atoms with Crippen LogP contribution >= 0.6 is 0 Å². The Hall–Kier alpha value is -2.56. The molecule has 2 heterocycles. The number of piperidine rings is 1. The van der Waals surface area contributed by atoms with Crippen LogP contribution in [0.15, 0.2) is 40.8 Å². The Balaban J connectivity index is 1.66. The van der Waals surface area contributed by atoms with Crippen LogP contribution < -0.4 is 5.32 Å². The Kier molecular flexibility index (Phi) is 4.69. The van der Waals surface area contributed by atoms with Gasteiger partial charge in [-0.15, -0.1) is 0 Å². The highest BCUT2D eigenvalue weighted by molar-refractivity contribution is 5.97. The molecule has 1 aromatic carbocycles. The van der Waals surface area contributed by atoms with E-state index in [1.165, 1.54) is 0 Å². The van der Waals surface area contributed by atoms with Crippen molar-refractivity contribution in [2.24, 2.45) is 5.92 Å². The number of furan rings is 1. The molecule has 0 radical (unpaired) electrons. The molecule has 0 unspecified atom stereocenters. The van der Waals surface area contributed by atoms with E-state index in [1.807, 2.05) is 37.3 Å². The molecule has 2 amide bonds. The van der Waals surface area contributed by atoms with Gasteiger partial charge in [0.25, 0.3) is 5.91 Å². The van der Waals surface area contributed by atoms with Gasteiger partial charge in [0, 0.05) is 18.8 Å². The van der Waals surface area contributed by atoms with Gasteiger partial charge in [-0.25, -0.2) is 0 Å². The summed E-state index contributed by atoms with van der Waals surface area (Å²) < 4.78 is 5.45. The quantitative estimate of drug-likeness (QED) is 0.940. The van der Waals surface area contributed by atoms with Crippen molar-refractivity contribution in [3.05, 3.63) is 53.5 Å². The van der Waals surface area contributed by atoms with E-state index in [2.05, 4.69) is 5.32 Å². The minimum atomic E-state index is -0.184. The molecule has 1 atom stereocenters. The predicted molar refractivity (Wildman–Crippen MR) is 91.9 cm³/mol. The molecule has 0 spiro atoms. The van der Waals surface area contributed by atoms with Gasteiger partial charge in [-0.3, -0.25) is 9.59 Å². The standard InChI is InChI=1S/C19H22N2O3/c1-13-11-17(14(2)24-13)19(23)21-10-6-7-15(12-21)18(22)20-16-8-4-3-5-9-16/h3-5,8-9,11,15H,6-7,10,12H2,1-2H3,(H,20,22)/t15-/m0/s1. The fraction of sp³-hybridized carbons (Fsp3) is 0.368. The fourth-order valence-corrected chi connectivity index (χ4v) is 3.15. The SMILES string of the molecule is Cc1cc(C(=O)N2CCC[C@H](C(=O)Nc3ccccc3)C2)c(C)o1. The van der Waals surface area contributed by atoms with Crippen molar-refractivity contribution in [1.29, 1.82) is 0 Å². The molecule has 126 valence electrons. The molecule has 1 aliphatic rings. The normalized spacial score (nSPS) is 17.6. The average molecular weight is 326 g/mol. The number of nitrogens with one attached hydrogen (secondary N) is 1. The first-order chi connectivity index (χ1) is 11.5. The first-order valence-electron chi connectivity index (χ1n) is 8.27. The molecule has 5 nitrogen and oxygen atoms in total. The van der Waals surface area contributed by atoms with Crippen LogP contribution in [-0.4, -0.2) is 29.8 Å². The Bertz CT molecular complexity index is 736. The summed E-state index contributed by atoms with van der Waals surface area (Å²) in [5.41, 5.74) is 1.38. The molecule has 3 rings (SSSR count). The van der Waals surface area contributed by atoms with Crippen molar-refractivity contribution in [2.75, 3.05) is 18.4 Å². The summed E-state index contributed by atoms with van der Waals surface area (Å²) in [6.45, 7) is 4.75. The molecule has 0 saturated carbocycles. The molecule has 0 aliphatic carbocycles. The first-order valence-corrected chi connectivity index (χ1v) is 8.27. The van der Waals surface area contributed by atoms with Crippen LogP contribution in [0.2, 0.25) is 0 Å². The molecule has 5 heteroatoms. The summed E-state index contributed by atoms with van der Waals surface area (Å²) in [6.07, 6.45) is 1.63. The summed E-state index contributed by atoms with van der Waals surface area (Å²) in [7, 11) is 0. The lowest BCUT2D eigenvalue weighted by molar-refractivity contribution is -0.121. The van der Waals surface area contributed by atoms with Crippen LogP contribution in [0.1, 0.15) is 34.7 Å². The molecule has 1 fully saturated rings. The van der Waals surface area contributed by atoms with Gasteiger partial charge in [-0.2, -0.15) is 0 Å². The van der Waals surface area contributed by atoms with Crippen LogP contribution in [0.4, 0.5) is 5.69 Å². The van der Waals surface area contributed by atoms with Crippen molar-refractivity contribution >= 4 is 17.5 Å². The second-order valence-electron chi connectivity index (χ2n) is 6.27. The molecular weight excluding hydrogens is 304 g/mol. The van der Waals surface area contributed by atoms with Gasteiger partial charge in [0.2, 0.25) is 5.91 Å². The Morgan fingerprint density at radius 1 is 1.21 bits per heavy atom. The number of carbonyl (C=O) groups is 2. The van der Waals surface area contributed by atoms with Crippen molar-refractivity contribution in [3.63, 3.8) is 0 Å². The molecule has 1 aromatic heterocycles. The number of aryl methyl sites for hydroxylation is 2. The number of likely N-dealkylation sites (tertiary alicyclic amines) is 1. The van der Waals surface area contributed by atoms with Gasteiger partial charge in [0.05, 0.1) is 11.5 Å². The number of rotatable bonds is 3. The largest absolute Gasteiger partial charge is 0.466 e. The van der Waals surface area contributed by atoms with Gasteiger partial charge in [0.15, 0.2) is 0 Å². The summed E-state index contributed by atoms with van der Waals surface area (Å²) in [6, 6.07) is 11.2. The number of amides is 2. The highest BCUT2D eigenvalue weighted by Gasteiger charge is 2.30. The van der Waals surface area contributed by atoms with Crippen molar-refractivity contribution in [1.82, 2.24) is 4.90 Å². The maximum absolute atomic E-state index is 12.7. The van der Waals surface area contributed by atoms with E-state index in [9.17, 15) is 9.59 Å². The second kappa shape index (κ2) is 6.91. The zero-order valence-electron chi connectivity index (χ0n) is 14.0. The number of hydrogen-bond acceptors (Lipinski definition) is 3. The van der Waals surface area contributed by atoms with Gasteiger partial charge in [-0.05, 0) is 44.9 Å². The van der Waals surface area contributed by atoms with E-state index in [0.717, 1.165) is 24.3 Å². The summed E-state index contributed by atoms with van der Waals surface area (Å²) >= 11 is 0.